The lowest BCUT2D eigenvalue weighted by atomic mass is 9.75. The van der Waals surface area contributed by atoms with E-state index in [2.05, 4.69) is 69.1 Å². The highest BCUT2D eigenvalue weighted by Crippen LogP contribution is 2.53. The van der Waals surface area contributed by atoms with Crippen LogP contribution in [-0.2, 0) is 0 Å². The average molecular weight is 386 g/mol. The van der Waals surface area contributed by atoms with E-state index >= 15 is 0 Å². The third kappa shape index (κ3) is 3.01. The molecule has 0 aromatic heterocycles. The molecule has 0 radical (unpaired) electrons. The predicted octanol–water partition coefficient (Wildman–Crippen LogP) is 7.62. The number of ether oxygens (including phenoxy) is 1. The van der Waals surface area contributed by atoms with Gasteiger partial charge in [-0.2, -0.15) is 0 Å². The van der Waals surface area contributed by atoms with Gasteiger partial charge in [-0.25, -0.2) is 0 Å². The molecule has 0 bridgehead atoms. The lowest BCUT2D eigenvalue weighted by Gasteiger charge is -2.40. The molecule has 1 saturated carbocycles. The van der Waals surface area contributed by atoms with Gasteiger partial charge in [0.15, 0.2) is 0 Å². The van der Waals surface area contributed by atoms with Crippen LogP contribution in [0.25, 0.3) is 22.8 Å². The van der Waals surface area contributed by atoms with Crippen molar-refractivity contribution in [1.29, 1.82) is 0 Å². The van der Waals surface area contributed by atoms with E-state index in [1.165, 1.54) is 65.6 Å². The molecule has 150 valence electrons. The summed E-state index contributed by atoms with van der Waals surface area (Å²) >= 11 is 0. The first-order valence-corrected chi connectivity index (χ1v) is 11.1. The number of rotatable bonds is 2. The maximum Gasteiger partial charge on any atom is 0.128 e. The summed E-state index contributed by atoms with van der Waals surface area (Å²) in [6.45, 7) is 10.8. The van der Waals surface area contributed by atoms with E-state index in [9.17, 15) is 0 Å². The second-order valence-electron chi connectivity index (χ2n) is 9.48. The number of hydrogen-bond acceptors (Lipinski definition) is 2. The first kappa shape index (κ1) is 18.5. The van der Waals surface area contributed by atoms with Gasteiger partial charge in [0, 0.05) is 28.3 Å². The zero-order valence-electron chi connectivity index (χ0n) is 17.8. The molecular formula is C27H31NO. The summed E-state index contributed by atoms with van der Waals surface area (Å²) in [5.74, 6) is 1.59. The van der Waals surface area contributed by atoms with E-state index in [1.807, 2.05) is 6.08 Å². The summed E-state index contributed by atoms with van der Waals surface area (Å²) in [7, 11) is 0. The Hall–Kier alpha value is -2.48. The van der Waals surface area contributed by atoms with E-state index in [0.29, 0.717) is 5.92 Å². The Bertz CT molecular complexity index is 1010. The number of nitrogens with one attached hydrogen (secondary N) is 1. The molecule has 0 amide bonds. The molecule has 1 N–H and O–H groups in total. The summed E-state index contributed by atoms with van der Waals surface area (Å²) < 4.78 is 6.80. The summed E-state index contributed by atoms with van der Waals surface area (Å²) in [4.78, 5) is 0. The van der Waals surface area contributed by atoms with Gasteiger partial charge in [-0.1, -0.05) is 56.2 Å². The van der Waals surface area contributed by atoms with Crippen molar-refractivity contribution in [2.75, 3.05) is 5.32 Å². The van der Waals surface area contributed by atoms with Crippen LogP contribution in [0.4, 0.5) is 5.69 Å². The molecule has 2 heteroatoms. The van der Waals surface area contributed by atoms with Gasteiger partial charge in [0.2, 0.25) is 0 Å². The monoisotopic (exact) mass is 385 g/mol. The van der Waals surface area contributed by atoms with Crippen LogP contribution in [0, 0.1) is 5.92 Å². The van der Waals surface area contributed by atoms with E-state index < -0.39 is 0 Å². The third-order valence-electron chi connectivity index (χ3n) is 6.84. The lowest BCUT2D eigenvalue weighted by molar-refractivity contribution is 0.105. The minimum absolute atomic E-state index is 0.0363. The third-order valence-corrected chi connectivity index (χ3v) is 6.84. The van der Waals surface area contributed by atoms with Gasteiger partial charge in [-0.05, 0) is 62.4 Å². The quantitative estimate of drug-likeness (QED) is 0.574. The smallest absolute Gasteiger partial charge is 0.128 e. The molecule has 2 nitrogen and oxygen atoms in total. The maximum absolute atomic E-state index is 6.80. The van der Waals surface area contributed by atoms with Gasteiger partial charge in [0.25, 0.3) is 0 Å². The van der Waals surface area contributed by atoms with Gasteiger partial charge in [0.05, 0.1) is 5.54 Å². The van der Waals surface area contributed by atoms with Crippen molar-refractivity contribution in [3.8, 4) is 16.9 Å². The molecule has 5 rings (SSSR count). The van der Waals surface area contributed by atoms with Crippen LogP contribution in [0.3, 0.4) is 0 Å². The Balaban J connectivity index is 1.77. The van der Waals surface area contributed by atoms with Crippen LogP contribution in [0.1, 0.15) is 75.7 Å². The molecule has 1 unspecified atom stereocenters. The number of allylic oxidation sites excluding steroid dienone is 1. The molecule has 2 heterocycles. The first-order chi connectivity index (χ1) is 14.0. The highest BCUT2D eigenvalue weighted by molar-refractivity contribution is 5.92. The molecule has 2 aromatic carbocycles. The molecule has 1 atom stereocenters. The molecule has 0 spiro atoms. The van der Waals surface area contributed by atoms with E-state index in [4.69, 9.17) is 4.74 Å². The first-order valence-electron chi connectivity index (χ1n) is 11.1. The minimum atomic E-state index is -0.0363. The van der Waals surface area contributed by atoms with Crippen molar-refractivity contribution in [3.63, 3.8) is 0 Å². The van der Waals surface area contributed by atoms with Crippen molar-refractivity contribution in [3.05, 3.63) is 59.7 Å². The van der Waals surface area contributed by atoms with Gasteiger partial charge in [-0.3, -0.25) is 0 Å². The summed E-state index contributed by atoms with van der Waals surface area (Å²) in [6.07, 6.45) is 10.9. The SMILES string of the molecule is C=Cc1cccc2c1-c1ccc3c(c1C(C1CCCCC1)O2)C(C)=CC(C)(C)N3. The molecule has 1 fully saturated rings. The Morgan fingerprint density at radius 3 is 2.62 bits per heavy atom. The lowest BCUT2D eigenvalue weighted by Crippen LogP contribution is -2.33. The zero-order valence-corrected chi connectivity index (χ0v) is 17.8. The van der Waals surface area contributed by atoms with Crippen molar-refractivity contribution in [1.82, 2.24) is 0 Å². The maximum atomic E-state index is 6.80. The number of benzene rings is 2. The van der Waals surface area contributed by atoms with Gasteiger partial charge >= 0.3 is 0 Å². The van der Waals surface area contributed by atoms with E-state index in [1.54, 1.807) is 0 Å². The number of anilines is 1. The second-order valence-corrected chi connectivity index (χ2v) is 9.48. The fraction of sp³-hybridized carbons (Fsp3) is 0.407. The average Bonchev–Trinajstić information content (AvgIpc) is 2.71. The van der Waals surface area contributed by atoms with Gasteiger partial charge in [-0.15, -0.1) is 0 Å². The normalized spacial score (nSPS) is 22.3. The van der Waals surface area contributed by atoms with Crippen LogP contribution in [0.5, 0.6) is 5.75 Å². The molecule has 2 aromatic rings. The number of fused-ring (bicyclic) bond motifs is 5. The van der Waals surface area contributed by atoms with Crippen molar-refractivity contribution < 1.29 is 4.74 Å². The fourth-order valence-corrected chi connectivity index (χ4v) is 5.73. The fourth-order valence-electron chi connectivity index (χ4n) is 5.73. The number of hydrogen-bond donors (Lipinski definition) is 1. The molecule has 0 saturated heterocycles. The van der Waals surface area contributed by atoms with Crippen LogP contribution < -0.4 is 10.1 Å². The highest BCUT2D eigenvalue weighted by atomic mass is 16.5. The highest BCUT2D eigenvalue weighted by Gasteiger charge is 2.38. The molecule has 2 aliphatic heterocycles. The van der Waals surface area contributed by atoms with Crippen molar-refractivity contribution >= 4 is 17.3 Å². The molecule has 1 aliphatic carbocycles. The standard InChI is InChI=1S/C27H31NO/c1-5-18-12-9-13-22-24(18)20-14-15-21-23(17(2)16-27(3,4)28-21)25(20)26(29-22)19-10-7-6-8-11-19/h5,9,12-16,19,26,28H,1,6-8,10-11H2,2-4H3. The van der Waals surface area contributed by atoms with Crippen LogP contribution in [0.2, 0.25) is 0 Å². The molecule has 3 aliphatic rings. The Kier molecular flexibility index (Phi) is 4.34. The Morgan fingerprint density at radius 1 is 1.07 bits per heavy atom. The summed E-state index contributed by atoms with van der Waals surface area (Å²) in [5, 5.41) is 3.74. The van der Waals surface area contributed by atoms with Crippen LogP contribution in [0.15, 0.2) is 43.0 Å². The molecule has 29 heavy (non-hydrogen) atoms. The topological polar surface area (TPSA) is 21.3 Å². The van der Waals surface area contributed by atoms with E-state index in [-0.39, 0.29) is 11.6 Å². The largest absolute Gasteiger partial charge is 0.485 e. The zero-order chi connectivity index (χ0) is 20.2. The Morgan fingerprint density at radius 2 is 1.86 bits per heavy atom. The molecular weight excluding hydrogens is 354 g/mol. The van der Waals surface area contributed by atoms with Gasteiger partial charge in [0.1, 0.15) is 11.9 Å². The summed E-state index contributed by atoms with van der Waals surface area (Å²) in [6, 6.07) is 10.9. The predicted molar refractivity (Wildman–Crippen MR) is 123 cm³/mol. The Labute approximate surface area is 174 Å². The van der Waals surface area contributed by atoms with Crippen LogP contribution >= 0.6 is 0 Å². The van der Waals surface area contributed by atoms with Crippen molar-refractivity contribution in [2.24, 2.45) is 5.92 Å². The second kappa shape index (κ2) is 6.79. The van der Waals surface area contributed by atoms with Crippen LogP contribution in [-0.4, -0.2) is 5.54 Å². The minimum Gasteiger partial charge on any atom is -0.485 e. The van der Waals surface area contributed by atoms with E-state index in [0.717, 1.165) is 11.3 Å². The van der Waals surface area contributed by atoms with Crippen molar-refractivity contribution in [2.45, 2.75) is 64.5 Å². The summed E-state index contributed by atoms with van der Waals surface area (Å²) in [5.41, 5.74) is 8.95. The van der Waals surface area contributed by atoms with Gasteiger partial charge < -0.3 is 10.1 Å².